The molecule has 0 fully saturated rings. The number of hydrogen-bond donors (Lipinski definition) is 2. The van der Waals surface area contributed by atoms with Gasteiger partial charge in [0.05, 0.1) is 0 Å². The van der Waals surface area contributed by atoms with Crippen LogP contribution in [0.1, 0.15) is 0 Å². The van der Waals surface area contributed by atoms with Crippen LogP contribution < -0.4 is 10.6 Å². The van der Waals surface area contributed by atoms with Crippen molar-refractivity contribution in [2.45, 2.75) is 6.03 Å². The third-order valence-corrected chi connectivity index (χ3v) is 4.47. The minimum Gasteiger partial charge on any atom is -0.364 e. The summed E-state index contributed by atoms with van der Waals surface area (Å²) >= 11 is 0. The standard InChI is InChI=1S/C13H13O2P.ClH/c14-13(15)16(11-7-3-1-4-8-11)12-9-5-2-6-10-12;/h1-10,13-15H;1H. The summed E-state index contributed by atoms with van der Waals surface area (Å²) in [5.41, 5.74) is 0. The molecule has 0 aliphatic carbocycles. The third kappa shape index (κ3) is 3.52. The van der Waals surface area contributed by atoms with Crippen molar-refractivity contribution in [1.82, 2.24) is 0 Å². The molecule has 2 N–H and O–H groups in total. The molecule has 17 heavy (non-hydrogen) atoms. The molecular formula is C13H14ClO2P. The van der Waals surface area contributed by atoms with E-state index in [1.807, 2.05) is 60.7 Å². The van der Waals surface area contributed by atoms with Crippen LogP contribution in [0.25, 0.3) is 0 Å². The molecule has 90 valence electrons. The molecule has 0 radical (unpaired) electrons. The van der Waals surface area contributed by atoms with Crippen LogP contribution in [0.2, 0.25) is 0 Å². The van der Waals surface area contributed by atoms with E-state index in [0.29, 0.717) is 0 Å². The van der Waals surface area contributed by atoms with Crippen LogP contribution >= 0.6 is 20.3 Å². The number of benzene rings is 2. The summed E-state index contributed by atoms with van der Waals surface area (Å²) in [6.07, 6.45) is 0. The molecular weight excluding hydrogens is 255 g/mol. The van der Waals surface area contributed by atoms with Gasteiger partial charge in [-0.25, -0.2) is 0 Å². The average molecular weight is 269 g/mol. The summed E-state index contributed by atoms with van der Waals surface area (Å²) in [6, 6.07) is 17.9. The largest absolute Gasteiger partial charge is 0.364 e. The van der Waals surface area contributed by atoms with Gasteiger partial charge < -0.3 is 10.2 Å². The Labute approximate surface area is 108 Å². The topological polar surface area (TPSA) is 40.5 Å². The third-order valence-electron chi connectivity index (χ3n) is 2.30. The maximum absolute atomic E-state index is 9.50. The number of hydrogen-bond acceptors (Lipinski definition) is 2. The second-order valence-corrected chi connectivity index (χ2v) is 5.62. The van der Waals surface area contributed by atoms with Gasteiger partial charge in [0.25, 0.3) is 0 Å². The zero-order valence-corrected chi connectivity index (χ0v) is 10.8. The van der Waals surface area contributed by atoms with E-state index in [4.69, 9.17) is 0 Å². The van der Waals surface area contributed by atoms with Crippen LogP contribution in [-0.4, -0.2) is 16.2 Å². The van der Waals surface area contributed by atoms with Crippen molar-refractivity contribution in [3.63, 3.8) is 0 Å². The highest BCUT2D eigenvalue weighted by atomic mass is 35.5. The highest BCUT2D eigenvalue weighted by Crippen LogP contribution is 2.36. The van der Waals surface area contributed by atoms with Gasteiger partial charge in [0.15, 0.2) is 6.03 Å². The Balaban J connectivity index is 0.00000144. The predicted molar refractivity (Wildman–Crippen MR) is 74.5 cm³/mol. The summed E-state index contributed by atoms with van der Waals surface area (Å²) in [7, 11) is -1.10. The fraction of sp³-hybridized carbons (Fsp3) is 0.0769. The molecule has 0 spiro atoms. The monoisotopic (exact) mass is 268 g/mol. The lowest BCUT2D eigenvalue weighted by Crippen LogP contribution is -2.20. The van der Waals surface area contributed by atoms with Gasteiger partial charge in [0.1, 0.15) is 0 Å². The summed E-state index contributed by atoms with van der Waals surface area (Å²) in [5.74, 6) is 0. The van der Waals surface area contributed by atoms with Gasteiger partial charge in [-0.05, 0) is 10.6 Å². The van der Waals surface area contributed by atoms with Crippen molar-refractivity contribution in [2.75, 3.05) is 0 Å². The normalized spacial score (nSPS) is 10.4. The molecule has 0 bridgehead atoms. The SMILES string of the molecule is Cl.OC(O)P(c1ccccc1)c1ccccc1. The highest BCUT2D eigenvalue weighted by molar-refractivity contribution is 7.73. The molecule has 0 amide bonds. The van der Waals surface area contributed by atoms with Crippen molar-refractivity contribution < 1.29 is 10.2 Å². The Morgan fingerprint density at radius 2 is 1.06 bits per heavy atom. The summed E-state index contributed by atoms with van der Waals surface area (Å²) in [4.78, 5) is 0. The maximum atomic E-state index is 9.50. The first kappa shape index (κ1) is 14.1. The molecule has 0 atom stereocenters. The molecule has 2 aromatic rings. The smallest absolute Gasteiger partial charge is 0.178 e. The number of aliphatic hydroxyl groups excluding tert-OH is 1. The van der Waals surface area contributed by atoms with Crippen LogP contribution in [0.5, 0.6) is 0 Å². The van der Waals surface area contributed by atoms with Crippen molar-refractivity contribution in [3.8, 4) is 0 Å². The maximum Gasteiger partial charge on any atom is 0.178 e. The molecule has 0 aliphatic rings. The first-order valence-electron chi connectivity index (χ1n) is 5.04. The lowest BCUT2D eigenvalue weighted by atomic mass is 10.4. The molecule has 0 unspecified atom stereocenters. The molecule has 4 heteroatoms. The molecule has 2 nitrogen and oxygen atoms in total. The van der Waals surface area contributed by atoms with E-state index in [1.165, 1.54) is 0 Å². The minimum absolute atomic E-state index is 0. The lowest BCUT2D eigenvalue weighted by molar-refractivity contribution is 0.0365. The van der Waals surface area contributed by atoms with Gasteiger partial charge in [-0.1, -0.05) is 60.7 Å². The Bertz CT molecular complexity index is 394. The average Bonchev–Trinajstić information content (AvgIpc) is 2.31. The van der Waals surface area contributed by atoms with Gasteiger partial charge in [-0.2, -0.15) is 0 Å². The Morgan fingerprint density at radius 3 is 1.35 bits per heavy atom. The number of halogens is 1. The quantitative estimate of drug-likeness (QED) is 0.658. The van der Waals surface area contributed by atoms with Crippen LogP contribution in [0, 0.1) is 0 Å². The molecule has 0 aliphatic heterocycles. The molecule has 0 saturated carbocycles. The van der Waals surface area contributed by atoms with Gasteiger partial charge >= 0.3 is 0 Å². The molecule has 0 aromatic heterocycles. The van der Waals surface area contributed by atoms with E-state index in [2.05, 4.69) is 0 Å². The van der Waals surface area contributed by atoms with Crippen LogP contribution in [0.15, 0.2) is 60.7 Å². The van der Waals surface area contributed by atoms with Crippen molar-refractivity contribution in [1.29, 1.82) is 0 Å². The molecule has 2 rings (SSSR count). The van der Waals surface area contributed by atoms with Gasteiger partial charge in [0, 0.05) is 7.92 Å². The fourth-order valence-electron chi connectivity index (χ4n) is 1.59. The number of aliphatic hydroxyl groups is 2. The molecule has 0 saturated heterocycles. The summed E-state index contributed by atoms with van der Waals surface area (Å²) in [6.45, 7) is 0. The number of rotatable bonds is 3. The van der Waals surface area contributed by atoms with E-state index in [0.717, 1.165) is 10.6 Å². The summed E-state index contributed by atoms with van der Waals surface area (Å²) < 4.78 is 0. The van der Waals surface area contributed by atoms with Crippen molar-refractivity contribution >= 4 is 30.9 Å². The molecule has 0 heterocycles. The van der Waals surface area contributed by atoms with E-state index in [9.17, 15) is 10.2 Å². The van der Waals surface area contributed by atoms with E-state index < -0.39 is 14.0 Å². The van der Waals surface area contributed by atoms with Crippen LogP contribution in [0.3, 0.4) is 0 Å². The second-order valence-electron chi connectivity index (χ2n) is 3.39. The molecule has 2 aromatic carbocycles. The van der Waals surface area contributed by atoms with Crippen molar-refractivity contribution in [3.05, 3.63) is 60.7 Å². The van der Waals surface area contributed by atoms with Crippen molar-refractivity contribution in [2.24, 2.45) is 0 Å². The fourth-order valence-corrected chi connectivity index (χ4v) is 3.41. The van der Waals surface area contributed by atoms with Gasteiger partial charge in [-0.15, -0.1) is 12.4 Å². The van der Waals surface area contributed by atoms with Gasteiger partial charge in [0.2, 0.25) is 0 Å². The Hall–Kier alpha value is -0.920. The minimum atomic E-state index is -1.32. The first-order chi connectivity index (χ1) is 7.79. The Morgan fingerprint density at radius 1 is 0.706 bits per heavy atom. The zero-order chi connectivity index (χ0) is 11.4. The zero-order valence-electron chi connectivity index (χ0n) is 9.10. The predicted octanol–water partition coefficient (Wildman–Crippen LogP) is 1.81. The van der Waals surface area contributed by atoms with E-state index >= 15 is 0 Å². The van der Waals surface area contributed by atoms with Crippen LogP contribution in [-0.2, 0) is 0 Å². The van der Waals surface area contributed by atoms with Crippen LogP contribution in [0.4, 0.5) is 0 Å². The van der Waals surface area contributed by atoms with E-state index in [-0.39, 0.29) is 12.4 Å². The first-order valence-corrected chi connectivity index (χ1v) is 6.45. The van der Waals surface area contributed by atoms with Gasteiger partial charge in [-0.3, -0.25) is 0 Å². The Kier molecular flexibility index (Phi) is 5.60. The second kappa shape index (κ2) is 6.73. The lowest BCUT2D eigenvalue weighted by Gasteiger charge is -2.19. The summed E-state index contributed by atoms with van der Waals surface area (Å²) in [5, 5.41) is 20.9. The highest BCUT2D eigenvalue weighted by Gasteiger charge is 2.19. The van der Waals surface area contributed by atoms with E-state index in [1.54, 1.807) is 0 Å².